The summed E-state index contributed by atoms with van der Waals surface area (Å²) in [5, 5.41) is 12.5. The van der Waals surface area contributed by atoms with E-state index in [1.807, 2.05) is 12.1 Å². The molecular formula is C19H27Cl2NO. The number of hydrogen-bond acceptors (Lipinski definition) is 2. The second kappa shape index (κ2) is 6.22. The average molecular weight is 356 g/mol. The molecule has 23 heavy (non-hydrogen) atoms. The second-order valence-electron chi connectivity index (χ2n) is 8.32. The Morgan fingerprint density at radius 3 is 2.61 bits per heavy atom. The molecule has 128 valence electrons. The molecule has 2 aliphatic heterocycles. The lowest BCUT2D eigenvalue weighted by Gasteiger charge is -2.52. The molecule has 1 aromatic rings. The van der Waals surface area contributed by atoms with Crippen molar-refractivity contribution in [3.63, 3.8) is 0 Å². The Kier molecular flexibility index (Phi) is 4.74. The average Bonchev–Trinajstić information content (AvgIpc) is 2.46. The highest BCUT2D eigenvalue weighted by Crippen LogP contribution is 2.45. The van der Waals surface area contributed by atoms with Crippen molar-refractivity contribution >= 4 is 23.2 Å². The maximum atomic E-state index is 11.0. The van der Waals surface area contributed by atoms with Gasteiger partial charge < -0.3 is 5.11 Å². The number of hydrogen-bond donors (Lipinski definition) is 1. The quantitative estimate of drug-likeness (QED) is 0.756. The number of aliphatic hydroxyl groups is 1. The largest absolute Gasteiger partial charge is 0.389 e. The zero-order chi connectivity index (χ0) is 16.8. The van der Waals surface area contributed by atoms with Crippen molar-refractivity contribution in [3.05, 3.63) is 33.8 Å². The first kappa shape index (κ1) is 17.5. The van der Waals surface area contributed by atoms with E-state index in [9.17, 15) is 5.11 Å². The van der Waals surface area contributed by atoms with E-state index < -0.39 is 5.60 Å². The van der Waals surface area contributed by atoms with Crippen LogP contribution in [0.1, 0.15) is 57.9 Å². The van der Waals surface area contributed by atoms with Crippen molar-refractivity contribution in [2.45, 2.75) is 64.0 Å². The number of benzene rings is 1. The molecule has 0 unspecified atom stereocenters. The van der Waals surface area contributed by atoms with Crippen LogP contribution in [0.5, 0.6) is 0 Å². The van der Waals surface area contributed by atoms with Crippen LogP contribution in [-0.4, -0.2) is 34.7 Å². The highest BCUT2D eigenvalue weighted by molar-refractivity contribution is 6.35. The highest BCUT2D eigenvalue weighted by Gasteiger charge is 2.47. The van der Waals surface area contributed by atoms with Crippen LogP contribution in [-0.2, 0) is 0 Å². The number of nitrogens with zero attached hydrogens (tertiary/aromatic N) is 1. The Balaban J connectivity index is 1.72. The molecule has 2 nitrogen and oxygen atoms in total. The highest BCUT2D eigenvalue weighted by atomic mass is 35.5. The van der Waals surface area contributed by atoms with Gasteiger partial charge in [0.2, 0.25) is 0 Å². The SMILES string of the molecule is CC(C)(C)[C@@]1(O)CCN2C[C@@H](c3ccc(Cl)cc3Cl)CC[C@@H]2C1. The van der Waals surface area contributed by atoms with Crippen LogP contribution in [0, 0.1) is 5.41 Å². The van der Waals surface area contributed by atoms with Gasteiger partial charge in [0, 0.05) is 29.2 Å². The van der Waals surface area contributed by atoms with E-state index in [2.05, 4.69) is 31.7 Å². The van der Waals surface area contributed by atoms with E-state index in [1.165, 1.54) is 5.56 Å². The summed E-state index contributed by atoms with van der Waals surface area (Å²) in [6.45, 7) is 8.47. The van der Waals surface area contributed by atoms with Crippen LogP contribution in [0.25, 0.3) is 0 Å². The van der Waals surface area contributed by atoms with Crippen molar-refractivity contribution in [2.75, 3.05) is 13.1 Å². The van der Waals surface area contributed by atoms with E-state index in [4.69, 9.17) is 23.2 Å². The number of halogens is 2. The summed E-state index contributed by atoms with van der Waals surface area (Å²) in [7, 11) is 0. The topological polar surface area (TPSA) is 23.5 Å². The third-order valence-electron chi connectivity index (χ3n) is 6.00. The Hall–Kier alpha value is -0.280. The van der Waals surface area contributed by atoms with E-state index in [0.717, 1.165) is 43.8 Å². The second-order valence-corrected chi connectivity index (χ2v) is 9.17. The van der Waals surface area contributed by atoms with Crippen LogP contribution < -0.4 is 0 Å². The molecule has 2 aliphatic rings. The molecule has 2 fully saturated rings. The molecule has 0 radical (unpaired) electrons. The third-order valence-corrected chi connectivity index (χ3v) is 6.57. The maximum Gasteiger partial charge on any atom is 0.0722 e. The molecule has 0 bridgehead atoms. The van der Waals surface area contributed by atoms with Crippen LogP contribution in [0.4, 0.5) is 0 Å². The van der Waals surface area contributed by atoms with Gasteiger partial charge in [-0.2, -0.15) is 0 Å². The normalized spacial score (nSPS) is 32.6. The first-order valence-corrected chi connectivity index (χ1v) is 9.36. The minimum Gasteiger partial charge on any atom is -0.389 e. The minimum atomic E-state index is -0.543. The van der Waals surface area contributed by atoms with E-state index >= 15 is 0 Å². The lowest BCUT2D eigenvalue weighted by atomic mass is 9.67. The van der Waals surface area contributed by atoms with E-state index in [1.54, 1.807) is 0 Å². The molecule has 0 amide bonds. The Morgan fingerprint density at radius 1 is 1.22 bits per heavy atom. The predicted molar refractivity (Wildman–Crippen MR) is 97.4 cm³/mol. The molecule has 3 rings (SSSR count). The lowest BCUT2D eigenvalue weighted by molar-refractivity contribution is -0.122. The van der Waals surface area contributed by atoms with Crippen LogP contribution in [0.2, 0.25) is 10.0 Å². The van der Waals surface area contributed by atoms with Crippen LogP contribution in [0.3, 0.4) is 0 Å². The molecule has 3 atom stereocenters. The zero-order valence-electron chi connectivity index (χ0n) is 14.3. The molecule has 0 spiro atoms. The molecule has 0 aromatic heterocycles. The van der Waals surface area contributed by atoms with Gasteiger partial charge in [-0.1, -0.05) is 50.0 Å². The van der Waals surface area contributed by atoms with Gasteiger partial charge in [0.15, 0.2) is 0 Å². The monoisotopic (exact) mass is 355 g/mol. The molecule has 0 aliphatic carbocycles. The predicted octanol–water partition coefficient (Wildman–Crippen LogP) is 5.11. The minimum absolute atomic E-state index is 0.0601. The first-order chi connectivity index (χ1) is 10.7. The van der Waals surface area contributed by atoms with Gasteiger partial charge in [0.1, 0.15) is 0 Å². The van der Waals surface area contributed by atoms with Gasteiger partial charge >= 0.3 is 0 Å². The fourth-order valence-electron chi connectivity index (χ4n) is 4.19. The maximum absolute atomic E-state index is 11.0. The summed E-state index contributed by atoms with van der Waals surface area (Å²) >= 11 is 12.4. The van der Waals surface area contributed by atoms with Gasteiger partial charge in [-0.25, -0.2) is 0 Å². The summed E-state index contributed by atoms with van der Waals surface area (Å²) < 4.78 is 0. The molecule has 0 saturated carbocycles. The van der Waals surface area contributed by atoms with Gasteiger partial charge in [-0.15, -0.1) is 0 Å². The van der Waals surface area contributed by atoms with Crippen molar-refractivity contribution in [1.29, 1.82) is 0 Å². The van der Waals surface area contributed by atoms with Gasteiger partial charge in [0.25, 0.3) is 0 Å². The van der Waals surface area contributed by atoms with E-state index in [0.29, 0.717) is 17.0 Å². The van der Waals surface area contributed by atoms with Crippen molar-refractivity contribution in [3.8, 4) is 0 Å². The number of fused-ring (bicyclic) bond motifs is 1. The van der Waals surface area contributed by atoms with Gasteiger partial charge in [-0.3, -0.25) is 4.90 Å². The molecule has 2 saturated heterocycles. The summed E-state index contributed by atoms with van der Waals surface area (Å²) in [5.74, 6) is 0.469. The fraction of sp³-hybridized carbons (Fsp3) is 0.684. The van der Waals surface area contributed by atoms with Gasteiger partial charge in [-0.05, 0) is 54.7 Å². The lowest BCUT2D eigenvalue weighted by Crippen LogP contribution is -2.57. The summed E-state index contributed by atoms with van der Waals surface area (Å²) in [6, 6.07) is 6.35. The first-order valence-electron chi connectivity index (χ1n) is 8.61. The molecule has 1 N–H and O–H groups in total. The van der Waals surface area contributed by atoms with Crippen LogP contribution >= 0.6 is 23.2 Å². The summed E-state index contributed by atoms with van der Waals surface area (Å²) in [5.41, 5.74) is 0.611. The van der Waals surface area contributed by atoms with E-state index in [-0.39, 0.29) is 5.41 Å². The molecular weight excluding hydrogens is 329 g/mol. The molecule has 2 heterocycles. The molecule has 1 aromatic carbocycles. The van der Waals surface area contributed by atoms with Crippen molar-refractivity contribution in [1.82, 2.24) is 4.90 Å². The molecule has 4 heteroatoms. The Labute approximate surface area is 149 Å². The van der Waals surface area contributed by atoms with Crippen LogP contribution in [0.15, 0.2) is 18.2 Å². The third kappa shape index (κ3) is 3.42. The Morgan fingerprint density at radius 2 is 1.96 bits per heavy atom. The fourth-order valence-corrected chi connectivity index (χ4v) is 4.76. The number of rotatable bonds is 1. The summed E-state index contributed by atoms with van der Waals surface area (Å²) in [4.78, 5) is 2.55. The smallest absolute Gasteiger partial charge is 0.0722 e. The van der Waals surface area contributed by atoms with Crippen molar-refractivity contribution < 1.29 is 5.11 Å². The Bertz CT molecular complexity index is 583. The van der Waals surface area contributed by atoms with Crippen molar-refractivity contribution in [2.24, 2.45) is 5.41 Å². The van der Waals surface area contributed by atoms with Gasteiger partial charge in [0.05, 0.1) is 5.60 Å². The number of piperidine rings is 2. The summed E-state index contributed by atoms with van der Waals surface area (Å²) in [6.07, 6.45) is 4.00. The zero-order valence-corrected chi connectivity index (χ0v) is 15.8. The standard InChI is InChI=1S/C19H27Cl2NO/c1-18(2,3)19(23)8-9-22-12-13(4-6-15(22)11-19)16-7-5-14(20)10-17(16)21/h5,7,10,13,15,23H,4,6,8-9,11-12H2,1-3H3/t13-,15+,19+/m0/s1.